The van der Waals surface area contributed by atoms with Crippen LogP contribution in [0.3, 0.4) is 0 Å². The molecule has 2 aromatic carbocycles. The van der Waals surface area contributed by atoms with Gasteiger partial charge in [-0.3, -0.25) is 4.79 Å². The fraction of sp³-hybridized carbons (Fsp3) is 0.200. The van der Waals surface area contributed by atoms with Crippen LogP contribution in [0.4, 0.5) is 4.39 Å². The summed E-state index contributed by atoms with van der Waals surface area (Å²) in [6, 6.07) is 13.5. The standard InChI is InChI=1S/C20H20FN3O2S/c1-24-11-10-22-20(24)19(14-6-5-7-15(12-14)26-2)23-18(25)13-27-17-9-4-3-8-16(17)21/h3-12,19H,13H2,1-2H3,(H,23,25). The van der Waals surface area contributed by atoms with Gasteiger partial charge in [0.15, 0.2) is 0 Å². The Hall–Kier alpha value is -2.80. The number of amides is 1. The van der Waals surface area contributed by atoms with Crippen LogP contribution in [-0.2, 0) is 11.8 Å². The van der Waals surface area contributed by atoms with E-state index in [9.17, 15) is 9.18 Å². The highest BCUT2D eigenvalue weighted by Gasteiger charge is 2.21. The number of thioether (sulfide) groups is 1. The van der Waals surface area contributed by atoms with E-state index in [0.717, 1.165) is 17.3 Å². The van der Waals surface area contributed by atoms with Crippen molar-refractivity contribution in [2.75, 3.05) is 12.9 Å². The van der Waals surface area contributed by atoms with Crippen LogP contribution in [0.2, 0.25) is 0 Å². The molecule has 3 rings (SSSR count). The highest BCUT2D eigenvalue weighted by Crippen LogP contribution is 2.25. The third-order valence-corrected chi connectivity index (χ3v) is 5.09. The van der Waals surface area contributed by atoms with E-state index >= 15 is 0 Å². The lowest BCUT2D eigenvalue weighted by Crippen LogP contribution is -2.32. The second-order valence-electron chi connectivity index (χ2n) is 5.89. The fourth-order valence-electron chi connectivity index (χ4n) is 2.68. The van der Waals surface area contributed by atoms with Gasteiger partial charge in [0.2, 0.25) is 5.91 Å². The third kappa shape index (κ3) is 4.68. The quantitative estimate of drug-likeness (QED) is 0.632. The van der Waals surface area contributed by atoms with Gasteiger partial charge >= 0.3 is 0 Å². The number of aryl methyl sites for hydroxylation is 1. The fourth-order valence-corrected chi connectivity index (χ4v) is 3.43. The minimum atomic E-state index is -0.436. The summed E-state index contributed by atoms with van der Waals surface area (Å²) < 4.78 is 20.9. The summed E-state index contributed by atoms with van der Waals surface area (Å²) in [4.78, 5) is 17.4. The Morgan fingerprint density at radius 1 is 1.30 bits per heavy atom. The van der Waals surface area contributed by atoms with E-state index in [0.29, 0.717) is 16.5 Å². The Bertz CT molecular complexity index is 929. The topological polar surface area (TPSA) is 56.1 Å². The average Bonchev–Trinajstić information content (AvgIpc) is 3.11. The lowest BCUT2D eigenvalue weighted by molar-refractivity contribution is -0.119. The molecule has 7 heteroatoms. The van der Waals surface area contributed by atoms with Crippen LogP contribution in [0.1, 0.15) is 17.4 Å². The Labute approximate surface area is 161 Å². The molecular weight excluding hydrogens is 365 g/mol. The van der Waals surface area contributed by atoms with Crippen molar-refractivity contribution in [1.82, 2.24) is 14.9 Å². The van der Waals surface area contributed by atoms with E-state index in [2.05, 4.69) is 10.3 Å². The Morgan fingerprint density at radius 3 is 2.81 bits per heavy atom. The Morgan fingerprint density at radius 2 is 2.11 bits per heavy atom. The summed E-state index contributed by atoms with van der Waals surface area (Å²) in [5, 5.41) is 3.00. The number of ether oxygens (including phenoxy) is 1. The molecule has 1 atom stereocenters. The highest BCUT2D eigenvalue weighted by atomic mass is 32.2. The highest BCUT2D eigenvalue weighted by molar-refractivity contribution is 8.00. The summed E-state index contributed by atoms with van der Waals surface area (Å²) >= 11 is 1.16. The summed E-state index contributed by atoms with van der Waals surface area (Å²) in [5.41, 5.74) is 0.855. The number of methoxy groups -OCH3 is 1. The van der Waals surface area contributed by atoms with Crippen LogP contribution in [-0.4, -0.2) is 28.3 Å². The lowest BCUT2D eigenvalue weighted by atomic mass is 10.1. The van der Waals surface area contributed by atoms with Gasteiger partial charge < -0.3 is 14.6 Å². The van der Waals surface area contributed by atoms with Gasteiger partial charge in [-0.05, 0) is 29.8 Å². The van der Waals surface area contributed by atoms with Crippen LogP contribution in [0.25, 0.3) is 0 Å². The Kier molecular flexibility index (Phi) is 6.13. The predicted molar refractivity (Wildman–Crippen MR) is 103 cm³/mol. The first kappa shape index (κ1) is 19.0. The molecule has 3 aromatic rings. The molecule has 140 valence electrons. The van der Waals surface area contributed by atoms with Crippen molar-refractivity contribution >= 4 is 17.7 Å². The zero-order valence-corrected chi connectivity index (χ0v) is 15.9. The van der Waals surface area contributed by atoms with E-state index in [1.54, 1.807) is 31.5 Å². The van der Waals surface area contributed by atoms with Gasteiger partial charge in [-0.1, -0.05) is 24.3 Å². The number of hydrogen-bond donors (Lipinski definition) is 1. The number of hydrogen-bond acceptors (Lipinski definition) is 4. The first-order chi connectivity index (χ1) is 13.1. The van der Waals surface area contributed by atoms with Crippen molar-refractivity contribution in [2.24, 2.45) is 7.05 Å². The van der Waals surface area contributed by atoms with E-state index in [1.165, 1.54) is 6.07 Å². The number of imidazole rings is 1. The van der Waals surface area contributed by atoms with Crippen molar-refractivity contribution in [3.63, 3.8) is 0 Å². The zero-order valence-electron chi connectivity index (χ0n) is 15.1. The second kappa shape index (κ2) is 8.73. The number of rotatable bonds is 7. The van der Waals surface area contributed by atoms with Crippen molar-refractivity contribution < 1.29 is 13.9 Å². The molecule has 0 saturated carbocycles. The van der Waals surface area contributed by atoms with Gasteiger partial charge in [-0.2, -0.15) is 0 Å². The first-order valence-electron chi connectivity index (χ1n) is 8.36. The summed E-state index contributed by atoms with van der Waals surface area (Å²) in [6.45, 7) is 0. The van der Waals surface area contributed by atoms with Crippen LogP contribution < -0.4 is 10.1 Å². The van der Waals surface area contributed by atoms with E-state index in [-0.39, 0.29) is 17.5 Å². The van der Waals surface area contributed by atoms with Crippen molar-refractivity contribution in [1.29, 1.82) is 0 Å². The van der Waals surface area contributed by atoms with Gasteiger partial charge in [-0.25, -0.2) is 9.37 Å². The molecule has 0 radical (unpaired) electrons. The molecule has 0 saturated heterocycles. The normalized spacial score (nSPS) is 11.8. The molecule has 0 fully saturated rings. The minimum absolute atomic E-state index is 0.103. The SMILES string of the molecule is COc1cccc(C(NC(=O)CSc2ccccc2F)c2nccn2C)c1. The number of halogens is 1. The minimum Gasteiger partial charge on any atom is -0.497 e. The van der Waals surface area contributed by atoms with Crippen molar-refractivity contribution in [3.05, 3.63) is 78.1 Å². The van der Waals surface area contributed by atoms with Crippen LogP contribution in [0, 0.1) is 5.82 Å². The maximum absolute atomic E-state index is 13.7. The second-order valence-corrected chi connectivity index (χ2v) is 6.91. The van der Waals surface area contributed by atoms with E-state index in [1.807, 2.05) is 42.1 Å². The van der Waals surface area contributed by atoms with Crippen molar-refractivity contribution in [3.8, 4) is 5.75 Å². The summed E-state index contributed by atoms with van der Waals surface area (Å²) in [6.07, 6.45) is 3.51. The Balaban J connectivity index is 1.78. The molecule has 0 bridgehead atoms. The zero-order chi connectivity index (χ0) is 19.2. The molecule has 1 unspecified atom stereocenters. The summed E-state index contributed by atoms with van der Waals surface area (Å²) in [5.74, 6) is 0.961. The molecule has 1 heterocycles. The van der Waals surface area contributed by atoms with Gasteiger partial charge in [-0.15, -0.1) is 11.8 Å². The largest absolute Gasteiger partial charge is 0.497 e. The maximum atomic E-state index is 13.7. The van der Waals surface area contributed by atoms with Crippen LogP contribution >= 0.6 is 11.8 Å². The molecule has 5 nitrogen and oxygen atoms in total. The van der Waals surface area contributed by atoms with Gasteiger partial charge in [0.05, 0.1) is 12.9 Å². The number of aromatic nitrogens is 2. The number of benzene rings is 2. The molecular formula is C20H20FN3O2S. The third-order valence-electron chi connectivity index (χ3n) is 4.04. The van der Waals surface area contributed by atoms with Gasteiger partial charge in [0.25, 0.3) is 0 Å². The van der Waals surface area contributed by atoms with Crippen LogP contribution in [0.5, 0.6) is 5.75 Å². The average molecular weight is 385 g/mol. The first-order valence-corrected chi connectivity index (χ1v) is 9.35. The van der Waals surface area contributed by atoms with E-state index < -0.39 is 6.04 Å². The molecule has 0 aliphatic carbocycles. The molecule has 0 aliphatic rings. The van der Waals surface area contributed by atoms with Crippen molar-refractivity contribution in [2.45, 2.75) is 10.9 Å². The van der Waals surface area contributed by atoms with E-state index in [4.69, 9.17) is 4.74 Å². The summed E-state index contributed by atoms with van der Waals surface area (Å²) in [7, 11) is 3.47. The molecule has 1 aromatic heterocycles. The molecule has 1 amide bonds. The number of carbonyl (C=O) groups excluding carboxylic acids is 1. The number of nitrogens with zero attached hydrogens (tertiary/aromatic N) is 2. The number of carbonyl (C=O) groups is 1. The van der Waals surface area contributed by atoms with Crippen LogP contribution in [0.15, 0.2) is 65.8 Å². The van der Waals surface area contributed by atoms with Gasteiger partial charge in [0.1, 0.15) is 23.4 Å². The van der Waals surface area contributed by atoms with Gasteiger partial charge in [0, 0.05) is 24.3 Å². The maximum Gasteiger partial charge on any atom is 0.231 e. The molecule has 1 N–H and O–H groups in total. The molecule has 0 spiro atoms. The number of nitrogens with one attached hydrogen (secondary N) is 1. The molecule has 27 heavy (non-hydrogen) atoms. The smallest absolute Gasteiger partial charge is 0.231 e. The predicted octanol–water partition coefficient (Wildman–Crippen LogP) is 3.57. The lowest BCUT2D eigenvalue weighted by Gasteiger charge is -2.19. The molecule has 0 aliphatic heterocycles. The monoisotopic (exact) mass is 385 g/mol.